The Morgan fingerprint density at radius 1 is 0.962 bits per heavy atom. The molecule has 0 saturated carbocycles. The Labute approximate surface area is 365 Å². The predicted octanol–water partition coefficient (Wildman–Crippen LogP) is -1.02. The van der Waals surface area contributed by atoms with Crippen LogP contribution in [0.2, 0.25) is 10.0 Å². The topological polar surface area (TPSA) is 252 Å². The first-order chi connectivity index (χ1) is 23.5. The van der Waals surface area contributed by atoms with Gasteiger partial charge in [-0.1, -0.05) is 59.6 Å². The minimum atomic E-state index is -4.82. The van der Waals surface area contributed by atoms with Gasteiger partial charge in [-0.05, 0) is 24.3 Å². The van der Waals surface area contributed by atoms with Gasteiger partial charge in [0.1, 0.15) is 21.2 Å². The Balaban J connectivity index is 0.000000373. The van der Waals surface area contributed by atoms with E-state index in [0.717, 1.165) is 24.3 Å². The molecular formula is C30H20Cl2CrN4Na2O12S2+2. The van der Waals surface area contributed by atoms with Gasteiger partial charge in [-0.2, -0.15) is 13.5 Å². The zero-order valence-corrected chi connectivity index (χ0v) is 35.5. The van der Waals surface area contributed by atoms with Gasteiger partial charge in [0.25, 0.3) is 15.8 Å². The minimum Gasteiger partial charge on any atom is -0.504 e. The zero-order valence-electron chi connectivity index (χ0n) is 27.1. The first-order valence-corrected chi connectivity index (χ1v) is 17.4. The summed E-state index contributed by atoms with van der Waals surface area (Å²) < 4.78 is 62.2. The average Bonchev–Trinajstić information content (AvgIpc) is 3.38. The van der Waals surface area contributed by atoms with E-state index in [-0.39, 0.29) is 126 Å². The molecule has 3 aliphatic rings. The van der Waals surface area contributed by atoms with Crippen molar-refractivity contribution in [1.29, 1.82) is 0 Å². The number of ketones is 2. The fourth-order valence-electron chi connectivity index (χ4n) is 4.60. The van der Waals surface area contributed by atoms with Crippen molar-refractivity contribution in [1.82, 2.24) is 0 Å². The maximum Gasteiger partial charge on any atom is 1.00 e. The Kier molecular flexibility index (Phi) is 16.2. The molecule has 0 bridgehead atoms. The number of rotatable bonds is 6. The average molecular weight is 862 g/mol. The van der Waals surface area contributed by atoms with Crippen molar-refractivity contribution >= 4 is 83.3 Å². The summed E-state index contributed by atoms with van der Waals surface area (Å²) in [6.07, 6.45) is 7.58. The number of anilines is 2. The summed E-state index contributed by atoms with van der Waals surface area (Å²) in [6, 6.07) is 10.3. The van der Waals surface area contributed by atoms with Gasteiger partial charge in [0.15, 0.2) is 28.9 Å². The Morgan fingerprint density at radius 2 is 1.60 bits per heavy atom. The number of carbonyl (C=O) groups is 2. The van der Waals surface area contributed by atoms with Crippen LogP contribution in [0.25, 0.3) is 5.76 Å². The van der Waals surface area contributed by atoms with Crippen LogP contribution in [0.4, 0.5) is 17.1 Å². The van der Waals surface area contributed by atoms with Crippen LogP contribution in [0.3, 0.4) is 0 Å². The summed E-state index contributed by atoms with van der Waals surface area (Å²) in [7, 11) is -8.80. The molecule has 23 heteroatoms. The number of allylic oxidation sites excluding steroid dienone is 6. The predicted molar refractivity (Wildman–Crippen MR) is 181 cm³/mol. The molecule has 1 aliphatic heterocycles. The van der Waals surface area contributed by atoms with Crippen LogP contribution in [-0.4, -0.2) is 59.7 Å². The van der Waals surface area contributed by atoms with Crippen molar-refractivity contribution in [3.63, 3.8) is 0 Å². The number of nitro benzene ring substituents is 1. The van der Waals surface area contributed by atoms with Gasteiger partial charge in [-0.25, -0.2) is 8.42 Å². The van der Waals surface area contributed by atoms with Gasteiger partial charge in [0.2, 0.25) is 15.6 Å². The number of carbonyl (C=O) groups excluding carboxylic acids is 2. The number of phenols is 2. The van der Waals surface area contributed by atoms with Crippen molar-refractivity contribution in [2.45, 2.75) is 4.90 Å². The van der Waals surface area contributed by atoms with E-state index in [1.54, 1.807) is 30.4 Å². The third kappa shape index (κ3) is 10.2. The van der Waals surface area contributed by atoms with Crippen LogP contribution in [-0.2, 0) is 46.8 Å². The van der Waals surface area contributed by atoms with Gasteiger partial charge >= 0.3 is 59.1 Å². The summed E-state index contributed by atoms with van der Waals surface area (Å²) in [5, 5.41) is 36.7. The van der Waals surface area contributed by atoms with Crippen LogP contribution < -0.4 is 69.9 Å². The number of fused-ring (bicyclic) bond motifs is 2. The molecule has 6 rings (SSSR count). The normalized spacial score (nSPS) is 16.5. The van der Waals surface area contributed by atoms with Crippen molar-refractivity contribution in [3.8, 4) is 11.5 Å². The summed E-state index contributed by atoms with van der Waals surface area (Å²) in [5.41, 5.74) is 1.96. The first kappa shape index (κ1) is 46.2. The number of hydrogen-bond acceptors (Lipinski definition) is 14. The number of nitrogens with zero attached hydrogens (tertiary/aromatic N) is 2. The SMILES string of the molecule is O=C1/C(=N\Nc2cc(Cl)cc(S(=O)(=O)O)c2O)C2=C(OCS2(=O)=O)c2ccccc21.O=C1C=CC=C/C1=C\Nc1cc([N+](=O)[O-])cc(Cl)c1O.[Cr].[Na+].[Na+]. The van der Waals surface area contributed by atoms with Crippen LogP contribution in [0, 0.1) is 10.1 Å². The number of benzene rings is 3. The molecule has 264 valence electrons. The summed E-state index contributed by atoms with van der Waals surface area (Å²) in [4.78, 5) is 33.2. The number of aromatic hydroxyl groups is 2. The molecule has 1 heterocycles. The molecule has 0 radical (unpaired) electrons. The van der Waals surface area contributed by atoms with Crippen molar-refractivity contribution < 1.29 is 127 Å². The second kappa shape index (κ2) is 18.6. The van der Waals surface area contributed by atoms with E-state index in [4.69, 9.17) is 27.9 Å². The molecule has 0 fully saturated rings. The monoisotopic (exact) mass is 860 g/mol. The van der Waals surface area contributed by atoms with Crippen LogP contribution >= 0.6 is 23.2 Å². The maximum absolute atomic E-state index is 12.9. The maximum atomic E-state index is 12.9. The van der Waals surface area contributed by atoms with Gasteiger partial charge in [-0.3, -0.25) is 29.7 Å². The number of Topliss-reactive ketones (excluding diaryl/α,β-unsaturated/α-hetero) is 1. The molecule has 53 heavy (non-hydrogen) atoms. The number of halogens is 2. The largest absolute Gasteiger partial charge is 1.00 e. The van der Waals surface area contributed by atoms with E-state index in [1.165, 1.54) is 24.4 Å². The third-order valence-electron chi connectivity index (χ3n) is 6.89. The molecule has 0 spiro atoms. The number of hydrogen-bond donors (Lipinski definition) is 5. The second-order valence-electron chi connectivity index (χ2n) is 10.2. The van der Waals surface area contributed by atoms with Crippen LogP contribution in [0.1, 0.15) is 15.9 Å². The van der Waals surface area contributed by atoms with E-state index in [1.807, 2.05) is 0 Å². The number of ether oxygens (including phenoxy) is 1. The number of hydrazone groups is 1. The fourth-order valence-corrected chi connectivity index (χ4v) is 7.00. The number of sulfone groups is 1. The van der Waals surface area contributed by atoms with E-state index < -0.39 is 57.9 Å². The smallest absolute Gasteiger partial charge is 0.504 e. The number of non-ortho nitro benzene ring substituents is 1. The molecule has 2 aliphatic carbocycles. The molecule has 0 aromatic heterocycles. The Bertz CT molecular complexity index is 2400. The van der Waals surface area contributed by atoms with E-state index in [0.29, 0.717) is 11.1 Å². The van der Waals surface area contributed by atoms with E-state index in [9.17, 15) is 51.3 Å². The van der Waals surface area contributed by atoms with Gasteiger partial charge in [0.05, 0.1) is 15.6 Å². The van der Waals surface area contributed by atoms with Crippen molar-refractivity contribution in [2.24, 2.45) is 5.10 Å². The number of phenolic OH excluding ortho intramolecular Hbond substituents is 2. The summed E-state index contributed by atoms with van der Waals surface area (Å²) in [5.74, 6) is -2.88. The molecule has 0 unspecified atom stereocenters. The standard InChI is InChI=1S/C17H11ClN2O8S2.C13H9ClN2O4.Cr.2Na/c18-8-5-11(15(22)12(6-8)30(25,26)27)19-20-13-14(21)9-3-1-2-4-10(9)16-17(13)29(23,24)7-28-16;14-10-5-9(16(19)20)6-11(13(10)18)15-7-8-3-1-2-4-12(8)17;;;/h1-6,19,22H,7H2,(H,25,26,27);1-7,15,18H;;;/q;;;2*+1/b20-13+;8-7+;;;. The number of nitrogens with one attached hydrogen (secondary N) is 2. The van der Waals surface area contributed by atoms with Crippen molar-refractivity contribution in [3.05, 3.63) is 121 Å². The first-order valence-electron chi connectivity index (χ1n) is 13.6. The second-order valence-corrected chi connectivity index (χ2v) is 14.3. The summed E-state index contributed by atoms with van der Waals surface area (Å²) in [6.45, 7) is 0. The van der Waals surface area contributed by atoms with Gasteiger partial charge < -0.3 is 20.3 Å². The molecule has 3 aromatic rings. The third-order valence-corrected chi connectivity index (χ3v) is 9.69. The molecule has 0 saturated heterocycles. The van der Waals surface area contributed by atoms with Gasteiger partial charge in [0, 0.05) is 57.4 Å². The number of nitro groups is 1. The Hall–Kier alpha value is -3.00. The zero-order chi connectivity index (χ0) is 36.5. The molecule has 5 N–H and O–H groups in total. The fraction of sp³-hybridized carbons (Fsp3) is 0.0333. The summed E-state index contributed by atoms with van der Waals surface area (Å²) >= 11 is 11.5. The van der Waals surface area contributed by atoms with E-state index in [2.05, 4.69) is 15.8 Å². The minimum absolute atomic E-state index is 0. The molecule has 16 nitrogen and oxygen atoms in total. The van der Waals surface area contributed by atoms with Crippen LogP contribution in [0.5, 0.6) is 11.5 Å². The van der Waals surface area contributed by atoms with Gasteiger partial charge in [-0.15, -0.1) is 0 Å². The van der Waals surface area contributed by atoms with Crippen molar-refractivity contribution in [2.75, 3.05) is 16.7 Å². The quantitative estimate of drug-likeness (QED) is 0.0497. The molecule has 3 aromatic carbocycles. The molecule has 0 amide bonds. The van der Waals surface area contributed by atoms with E-state index >= 15 is 0 Å². The molecule has 0 atom stereocenters. The van der Waals surface area contributed by atoms with Crippen LogP contribution in [0.15, 0.2) is 99.5 Å². The Morgan fingerprint density at radius 3 is 2.23 bits per heavy atom. The molecular weight excluding hydrogens is 841 g/mol.